The van der Waals surface area contributed by atoms with Crippen molar-refractivity contribution in [2.24, 2.45) is 5.92 Å². The number of thioether (sulfide) groups is 1. The predicted octanol–water partition coefficient (Wildman–Crippen LogP) is 0.441. The first-order valence-corrected chi connectivity index (χ1v) is 5.63. The molecule has 1 heterocycles. The Balaban J connectivity index is 2.58. The molecule has 0 spiro atoms. The molecular weight excluding hydrogens is 204 g/mol. The van der Waals surface area contributed by atoms with Gasteiger partial charge >= 0.3 is 5.97 Å². The van der Waals surface area contributed by atoms with E-state index in [0.717, 1.165) is 5.75 Å². The first-order chi connectivity index (χ1) is 6.66. The number of rotatable bonds is 3. The van der Waals surface area contributed by atoms with Crippen LogP contribution in [0, 0.1) is 5.92 Å². The third-order valence-corrected chi connectivity index (χ3v) is 3.02. The molecule has 0 saturated carbocycles. The smallest absolute Gasteiger partial charge is 0.375 e. The van der Waals surface area contributed by atoms with E-state index < -0.39 is 17.7 Å². The van der Waals surface area contributed by atoms with Gasteiger partial charge in [-0.1, -0.05) is 0 Å². The van der Waals surface area contributed by atoms with E-state index in [1.165, 1.54) is 11.8 Å². The van der Waals surface area contributed by atoms with Crippen molar-refractivity contribution in [2.75, 3.05) is 18.1 Å². The van der Waals surface area contributed by atoms with Gasteiger partial charge in [-0.15, -0.1) is 0 Å². The van der Waals surface area contributed by atoms with Crippen molar-refractivity contribution in [3.8, 4) is 0 Å². The molecule has 0 aromatic heterocycles. The van der Waals surface area contributed by atoms with Crippen molar-refractivity contribution in [1.29, 1.82) is 0 Å². The summed E-state index contributed by atoms with van der Waals surface area (Å²) in [5, 5.41) is 0. The van der Waals surface area contributed by atoms with Gasteiger partial charge in [-0.3, -0.25) is 9.59 Å². The van der Waals surface area contributed by atoms with Crippen molar-refractivity contribution >= 4 is 29.3 Å². The standard InChI is InChI=1S/C9H12O4S/c1-2-13-9(12)8(11)6-5-14-4-3-7(6)10/h6H,2-5H2,1H3. The second kappa shape index (κ2) is 5.14. The summed E-state index contributed by atoms with van der Waals surface area (Å²) in [5.41, 5.74) is 0. The predicted molar refractivity (Wildman–Crippen MR) is 52.1 cm³/mol. The summed E-state index contributed by atoms with van der Waals surface area (Å²) in [7, 11) is 0. The van der Waals surface area contributed by atoms with Gasteiger partial charge in [-0.2, -0.15) is 11.8 Å². The van der Waals surface area contributed by atoms with Crippen molar-refractivity contribution in [3.63, 3.8) is 0 Å². The molecule has 1 saturated heterocycles. The molecule has 0 radical (unpaired) electrons. The number of carbonyl (C=O) groups excluding carboxylic acids is 3. The Morgan fingerprint density at radius 2 is 2.29 bits per heavy atom. The van der Waals surface area contributed by atoms with Crippen LogP contribution in [0.5, 0.6) is 0 Å². The van der Waals surface area contributed by atoms with Crippen LogP contribution in [0.1, 0.15) is 13.3 Å². The van der Waals surface area contributed by atoms with Gasteiger partial charge in [0.05, 0.1) is 12.5 Å². The Kier molecular flexibility index (Phi) is 4.13. The maximum Gasteiger partial charge on any atom is 0.375 e. The van der Waals surface area contributed by atoms with E-state index in [1.54, 1.807) is 6.92 Å². The van der Waals surface area contributed by atoms with Crippen molar-refractivity contribution in [1.82, 2.24) is 0 Å². The molecule has 0 N–H and O–H groups in total. The Bertz CT molecular complexity index is 262. The number of hydrogen-bond acceptors (Lipinski definition) is 5. The monoisotopic (exact) mass is 216 g/mol. The number of ether oxygens (including phenoxy) is 1. The summed E-state index contributed by atoms with van der Waals surface area (Å²) in [5.74, 6) is -1.32. The summed E-state index contributed by atoms with van der Waals surface area (Å²) < 4.78 is 4.56. The highest BCUT2D eigenvalue weighted by atomic mass is 32.2. The van der Waals surface area contributed by atoms with E-state index in [9.17, 15) is 14.4 Å². The fourth-order valence-electron chi connectivity index (χ4n) is 1.21. The van der Waals surface area contributed by atoms with E-state index in [1.807, 2.05) is 0 Å². The first-order valence-electron chi connectivity index (χ1n) is 4.48. The molecule has 1 atom stereocenters. The first kappa shape index (κ1) is 11.2. The van der Waals surface area contributed by atoms with Crippen LogP contribution in [0.25, 0.3) is 0 Å². The van der Waals surface area contributed by atoms with Gasteiger partial charge in [0, 0.05) is 17.9 Å². The molecule has 78 valence electrons. The van der Waals surface area contributed by atoms with E-state index in [-0.39, 0.29) is 12.4 Å². The SMILES string of the molecule is CCOC(=O)C(=O)C1CSCCC1=O. The second-order valence-electron chi connectivity index (χ2n) is 2.93. The minimum atomic E-state index is -0.881. The van der Waals surface area contributed by atoms with Gasteiger partial charge in [-0.05, 0) is 6.92 Å². The van der Waals surface area contributed by atoms with Gasteiger partial charge in [0.1, 0.15) is 5.78 Å². The lowest BCUT2D eigenvalue weighted by atomic mass is 9.99. The summed E-state index contributed by atoms with van der Waals surface area (Å²) in [6.07, 6.45) is 0.375. The number of Topliss-reactive ketones (excluding diaryl/α,β-unsaturated/α-hetero) is 2. The Morgan fingerprint density at radius 1 is 1.57 bits per heavy atom. The van der Waals surface area contributed by atoms with Gasteiger partial charge in [-0.25, -0.2) is 4.79 Å². The highest BCUT2D eigenvalue weighted by molar-refractivity contribution is 7.99. The number of hydrogen-bond donors (Lipinski definition) is 0. The highest BCUT2D eigenvalue weighted by Crippen LogP contribution is 2.20. The van der Waals surface area contributed by atoms with Crippen molar-refractivity contribution < 1.29 is 19.1 Å². The van der Waals surface area contributed by atoms with Gasteiger partial charge in [0.25, 0.3) is 5.78 Å². The zero-order valence-electron chi connectivity index (χ0n) is 7.95. The summed E-state index contributed by atoms with van der Waals surface area (Å²) >= 11 is 1.52. The molecule has 0 aromatic rings. The lowest BCUT2D eigenvalue weighted by Gasteiger charge is -2.17. The van der Waals surface area contributed by atoms with E-state index in [2.05, 4.69) is 4.74 Å². The molecule has 0 amide bonds. The van der Waals surface area contributed by atoms with Gasteiger partial charge in [0.15, 0.2) is 0 Å². The van der Waals surface area contributed by atoms with E-state index >= 15 is 0 Å². The zero-order chi connectivity index (χ0) is 10.6. The number of carbonyl (C=O) groups is 3. The fraction of sp³-hybridized carbons (Fsp3) is 0.667. The molecule has 1 unspecified atom stereocenters. The van der Waals surface area contributed by atoms with Crippen LogP contribution in [0.4, 0.5) is 0 Å². The van der Waals surface area contributed by atoms with Crippen LogP contribution in [-0.4, -0.2) is 35.6 Å². The van der Waals surface area contributed by atoms with Crippen LogP contribution >= 0.6 is 11.8 Å². The van der Waals surface area contributed by atoms with Crippen molar-refractivity contribution in [3.05, 3.63) is 0 Å². The molecule has 0 bridgehead atoms. The molecule has 5 heteroatoms. The van der Waals surface area contributed by atoms with E-state index in [0.29, 0.717) is 12.2 Å². The molecule has 1 rings (SSSR count). The van der Waals surface area contributed by atoms with Gasteiger partial charge < -0.3 is 4.74 Å². The van der Waals surface area contributed by atoms with Gasteiger partial charge in [0.2, 0.25) is 0 Å². The molecule has 4 nitrogen and oxygen atoms in total. The number of ketones is 2. The topological polar surface area (TPSA) is 60.4 Å². The maximum absolute atomic E-state index is 11.4. The quantitative estimate of drug-likeness (QED) is 0.389. The van der Waals surface area contributed by atoms with Crippen LogP contribution in [0.15, 0.2) is 0 Å². The summed E-state index contributed by atoms with van der Waals surface area (Å²) in [4.78, 5) is 33.7. The van der Waals surface area contributed by atoms with Crippen LogP contribution in [0.2, 0.25) is 0 Å². The molecule has 1 fully saturated rings. The zero-order valence-corrected chi connectivity index (χ0v) is 8.76. The second-order valence-corrected chi connectivity index (χ2v) is 4.08. The third-order valence-electron chi connectivity index (χ3n) is 1.96. The molecule has 1 aliphatic rings. The largest absolute Gasteiger partial charge is 0.460 e. The average Bonchev–Trinajstić information content (AvgIpc) is 2.18. The molecule has 1 aliphatic heterocycles. The Labute approximate surface area is 86.4 Å². The normalized spacial score (nSPS) is 21.8. The summed E-state index contributed by atoms with van der Waals surface area (Å²) in [6.45, 7) is 1.79. The minimum Gasteiger partial charge on any atom is -0.460 e. The lowest BCUT2D eigenvalue weighted by Crippen LogP contribution is -2.35. The van der Waals surface area contributed by atoms with Crippen molar-refractivity contribution in [2.45, 2.75) is 13.3 Å². The fourth-order valence-corrected chi connectivity index (χ4v) is 2.29. The average molecular weight is 216 g/mol. The Morgan fingerprint density at radius 3 is 2.86 bits per heavy atom. The maximum atomic E-state index is 11.4. The molecule has 14 heavy (non-hydrogen) atoms. The van der Waals surface area contributed by atoms with Crippen LogP contribution in [0.3, 0.4) is 0 Å². The molecule has 0 aromatic carbocycles. The lowest BCUT2D eigenvalue weighted by molar-refractivity contribution is -0.156. The summed E-state index contributed by atoms with van der Waals surface area (Å²) in [6, 6.07) is 0. The third kappa shape index (κ3) is 2.57. The Hall–Kier alpha value is -0.840. The highest BCUT2D eigenvalue weighted by Gasteiger charge is 2.34. The molecular formula is C9H12O4S. The molecule has 0 aliphatic carbocycles. The minimum absolute atomic E-state index is 0.137. The van der Waals surface area contributed by atoms with Crippen LogP contribution in [-0.2, 0) is 19.1 Å². The van der Waals surface area contributed by atoms with E-state index in [4.69, 9.17) is 0 Å². The number of esters is 1. The van der Waals surface area contributed by atoms with Crippen LogP contribution < -0.4 is 0 Å².